The lowest BCUT2D eigenvalue weighted by Gasteiger charge is -2.10. The predicted octanol–water partition coefficient (Wildman–Crippen LogP) is 3.08. The van der Waals surface area contributed by atoms with Crippen molar-refractivity contribution >= 4 is 44.7 Å². The first-order valence-electron chi connectivity index (χ1n) is 8.71. The van der Waals surface area contributed by atoms with E-state index in [1.165, 1.54) is 0 Å². The van der Waals surface area contributed by atoms with Crippen LogP contribution in [0.2, 0.25) is 0 Å². The van der Waals surface area contributed by atoms with Gasteiger partial charge in [0.15, 0.2) is 0 Å². The Kier molecular flexibility index (Phi) is 5.31. The van der Waals surface area contributed by atoms with Gasteiger partial charge in [0.05, 0.1) is 16.7 Å². The van der Waals surface area contributed by atoms with Gasteiger partial charge in [0.2, 0.25) is 11.9 Å². The van der Waals surface area contributed by atoms with Crippen LogP contribution in [0.4, 0.5) is 5.95 Å². The van der Waals surface area contributed by atoms with E-state index in [0.29, 0.717) is 40.3 Å². The van der Waals surface area contributed by atoms with Gasteiger partial charge >= 0.3 is 0 Å². The number of aryl methyl sites for hydroxylation is 3. The number of anilines is 1. The van der Waals surface area contributed by atoms with Crippen LogP contribution >= 0.6 is 15.9 Å². The third kappa shape index (κ3) is 3.59. The molecule has 0 aliphatic carbocycles. The molecule has 1 aromatic carbocycles. The van der Waals surface area contributed by atoms with E-state index in [4.69, 9.17) is 5.73 Å². The number of carbonyl (C=O) groups excluding carboxylic acids is 2. The van der Waals surface area contributed by atoms with Gasteiger partial charge in [0.25, 0.3) is 5.91 Å². The molecule has 27 heavy (non-hydrogen) atoms. The van der Waals surface area contributed by atoms with Crippen LogP contribution in [0, 0.1) is 6.92 Å². The smallest absolute Gasteiger partial charge is 0.276 e. The number of nitrogens with two attached hydrogens (primary N) is 1. The maximum Gasteiger partial charge on any atom is 0.276 e. The van der Waals surface area contributed by atoms with Crippen LogP contribution in [0.5, 0.6) is 0 Å². The average Bonchev–Trinajstić information content (AvgIpc) is 3.16. The zero-order chi connectivity index (χ0) is 19.7. The van der Waals surface area contributed by atoms with Gasteiger partial charge in [-0.2, -0.15) is 5.10 Å². The molecule has 3 rings (SSSR count). The molecule has 8 nitrogen and oxygen atoms in total. The van der Waals surface area contributed by atoms with Crippen LogP contribution in [0.1, 0.15) is 46.8 Å². The van der Waals surface area contributed by atoms with Crippen molar-refractivity contribution in [1.82, 2.24) is 19.3 Å². The lowest BCUT2D eigenvalue weighted by atomic mass is 10.2. The number of nitrogens with one attached hydrogen (secondary N) is 1. The molecule has 0 aliphatic heterocycles. The van der Waals surface area contributed by atoms with Gasteiger partial charge in [-0.1, -0.05) is 6.92 Å². The zero-order valence-electron chi connectivity index (χ0n) is 15.4. The van der Waals surface area contributed by atoms with E-state index in [2.05, 4.69) is 31.3 Å². The zero-order valence-corrected chi connectivity index (χ0v) is 17.0. The summed E-state index contributed by atoms with van der Waals surface area (Å²) in [6.07, 6.45) is 0.852. The minimum absolute atomic E-state index is 0.281. The van der Waals surface area contributed by atoms with E-state index < -0.39 is 5.91 Å². The molecule has 0 radical (unpaired) electrons. The molecule has 0 bridgehead atoms. The van der Waals surface area contributed by atoms with Crippen molar-refractivity contribution in [1.29, 1.82) is 0 Å². The van der Waals surface area contributed by atoms with Crippen LogP contribution < -0.4 is 11.1 Å². The molecule has 3 N–H and O–H groups in total. The first-order chi connectivity index (χ1) is 12.8. The fourth-order valence-corrected chi connectivity index (χ4v) is 3.70. The van der Waals surface area contributed by atoms with Crippen LogP contribution in [-0.2, 0) is 13.1 Å². The first-order valence-corrected chi connectivity index (χ1v) is 9.50. The second-order valence-electron chi connectivity index (χ2n) is 6.22. The molecule has 9 heteroatoms. The van der Waals surface area contributed by atoms with Gasteiger partial charge in [-0.3, -0.25) is 19.6 Å². The number of benzene rings is 1. The SMILES string of the molecule is CCCn1c(NC(=O)c2cc(C)nn2CC)nc2cc(C(N)=O)cc(Br)c21. The number of nitrogens with zero attached hydrogens (tertiary/aromatic N) is 4. The van der Waals surface area contributed by atoms with E-state index in [-0.39, 0.29) is 5.91 Å². The molecule has 0 saturated heterocycles. The number of hydrogen-bond donors (Lipinski definition) is 2. The standard InChI is InChI=1S/C18H21BrN6O2/c1-4-6-24-15-12(19)8-11(16(20)26)9-13(15)21-18(24)22-17(27)14-7-10(3)23-25(14)5-2/h7-9H,4-6H2,1-3H3,(H2,20,26)(H,21,22,27). The van der Waals surface area contributed by atoms with Crippen molar-refractivity contribution < 1.29 is 9.59 Å². The summed E-state index contributed by atoms with van der Waals surface area (Å²) in [5.74, 6) is -0.396. The second-order valence-corrected chi connectivity index (χ2v) is 7.07. The Morgan fingerprint density at radius 1 is 1.26 bits per heavy atom. The Bertz CT molecular complexity index is 1040. The van der Waals surface area contributed by atoms with Gasteiger partial charge in [0.1, 0.15) is 5.69 Å². The van der Waals surface area contributed by atoms with Gasteiger partial charge in [-0.05, 0) is 54.4 Å². The normalized spacial score (nSPS) is 11.1. The predicted molar refractivity (Wildman–Crippen MR) is 107 cm³/mol. The topological polar surface area (TPSA) is 108 Å². The van der Waals surface area contributed by atoms with E-state index in [1.54, 1.807) is 22.9 Å². The number of rotatable bonds is 6. The molecule has 3 aromatic rings. The Hall–Kier alpha value is -2.68. The summed E-state index contributed by atoms with van der Waals surface area (Å²) in [7, 11) is 0. The molecule has 0 aliphatic rings. The fraction of sp³-hybridized carbons (Fsp3) is 0.333. The Morgan fingerprint density at radius 2 is 2.00 bits per heavy atom. The molecule has 0 saturated carbocycles. The lowest BCUT2D eigenvalue weighted by Crippen LogP contribution is -2.20. The highest BCUT2D eigenvalue weighted by atomic mass is 79.9. The number of primary amides is 1. The fourth-order valence-electron chi connectivity index (χ4n) is 3.03. The quantitative estimate of drug-likeness (QED) is 0.623. The lowest BCUT2D eigenvalue weighted by molar-refractivity contribution is 0.0996. The number of halogens is 1. The monoisotopic (exact) mass is 432 g/mol. The summed E-state index contributed by atoms with van der Waals surface area (Å²) < 4.78 is 4.27. The van der Waals surface area contributed by atoms with Crippen molar-refractivity contribution in [3.8, 4) is 0 Å². The van der Waals surface area contributed by atoms with E-state index in [0.717, 1.165) is 17.6 Å². The van der Waals surface area contributed by atoms with E-state index in [1.807, 2.05) is 25.3 Å². The number of aromatic nitrogens is 4. The summed E-state index contributed by atoms with van der Waals surface area (Å²) in [4.78, 5) is 28.9. The number of hydrogen-bond acceptors (Lipinski definition) is 4. The van der Waals surface area contributed by atoms with Crippen LogP contribution in [-0.4, -0.2) is 31.1 Å². The minimum atomic E-state index is -0.532. The Morgan fingerprint density at radius 3 is 2.63 bits per heavy atom. The molecule has 0 fully saturated rings. The maximum absolute atomic E-state index is 12.8. The van der Waals surface area contributed by atoms with Crippen molar-refractivity contribution in [2.24, 2.45) is 5.73 Å². The molecule has 0 atom stereocenters. The van der Waals surface area contributed by atoms with Crippen molar-refractivity contribution in [3.63, 3.8) is 0 Å². The summed E-state index contributed by atoms with van der Waals surface area (Å²) in [6.45, 7) is 7.07. The largest absolute Gasteiger partial charge is 0.366 e. The second kappa shape index (κ2) is 7.51. The average molecular weight is 433 g/mol. The van der Waals surface area contributed by atoms with E-state index in [9.17, 15) is 9.59 Å². The molecule has 2 heterocycles. The summed E-state index contributed by atoms with van der Waals surface area (Å²) >= 11 is 3.49. The number of amides is 2. The Balaban J connectivity index is 2.07. The highest BCUT2D eigenvalue weighted by Crippen LogP contribution is 2.29. The van der Waals surface area contributed by atoms with Gasteiger partial charge in [0, 0.05) is 23.1 Å². The number of carbonyl (C=O) groups is 2. The third-order valence-electron chi connectivity index (χ3n) is 4.19. The molecule has 0 unspecified atom stereocenters. The summed E-state index contributed by atoms with van der Waals surface area (Å²) in [6, 6.07) is 5.04. The maximum atomic E-state index is 12.8. The first kappa shape index (κ1) is 19.1. The Labute approximate surface area is 164 Å². The molecular formula is C18H21BrN6O2. The summed E-state index contributed by atoms with van der Waals surface area (Å²) in [5, 5.41) is 7.19. The number of fused-ring (bicyclic) bond motifs is 1. The van der Waals surface area contributed by atoms with Gasteiger partial charge in [-0.15, -0.1) is 0 Å². The molecule has 142 valence electrons. The third-order valence-corrected chi connectivity index (χ3v) is 4.79. The highest BCUT2D eigenvalue weighted by molar-refractivity contribution is 9.10. The summed E-state index contributed by atoms with van der Waals surface area (Å²) in [5.41, 5.74) is 8.39. The highest BCUT2D eigenvalue weighted by Gasteiger charge is 2.20. The van der Waals surface area contributed by atoms with Crippen molar-refractivity contribution in [2.45, 2.75) is 40.3 Å². The van der Waals surface area contributed by atoms with E-state index >= 15 is 0 Å². The number of imidazole rings is 1. The van der Waals surface area contributed by atoms with Crippen LogP contribution in [0.15, 0.2) is 22.7 Å². The molecule has 2 amide bonds. The van der Waals surface area contributed by atoms with Crippen LogP contribution in [0.3, 0.4) is 0 Å². The van der Waals surface area contributed by atoms with Crippen molar-refractivity contribution in [2.75, 3.05) is 5.32 Å². The van der Waals surface area contributed by atoms with Crippen molar-refractivity contribution in [3.05, 3.63) is 39.6 Å². The van der Waals surface area contributed by atoms with Crippen LogP contribution in [0.25, 0.3) is 11.0 Å². The minimum Gasteiger partial charge on any atom is -0.366 e. The van der Waals surface area contributed by atoms with Gasteiger partial charge < -0.3 is 10.3 Å². The molecule has 2 aromatic heterocycles. The molecule has 0 spiro atoms. The molecular weight excluding hydrogens is 412 g/mol. The van der Waals surface area contributed by atoms with Gasteiger partial charge in [-0.25, -0.2) is 4.98 Å².